The molecule has 2 atom stereocenters. The molecular formula is C14H17ClN2O5. The van der Waals surface area contributed by atoms with Crippen LogP contribution in [0.15, 0.2) is 24.3 Å². The number of methoxy groups -OCH3 is 1. The summed E-state index contributed by atoms with van der Waals surface area (Å²) in [6.07, 6.45) is -0.351. The van der Waals surface area contributed by atoms with E-state index >= 15 is 0 Å². The van der Waals surface area contributed by atoms with Crippen LogP contribution in [0.2, 0.25) is 5.02 Å². The molecule has 0 spiro atoms. The average Bonchev–Trinajstić information content (AvgIpc) is 2.47. The first-order valence-corrected chi connectivity index (χ1v) is 6.81. The Morgan fingerprint density at radius 3 is 2.41 bits per heavy atom. The van der Waals surface area contributed by atoms with E-state index in [1.807, 2.05) is 0 Å². The molecule has 8 heteroatoms. The van der Waals surface area contributed by atoms with E-state index in [0.29, 0.717) is 5.02 Å². The molecule has 0 aliphatic carbocycles. The van der Waals surface area contributed by atoms with Gasteiger partial charge in [-0.15, -0.1) is 0 Å². The number of ether oxygens (including phenoxy) is 1. The van der Waals surface area contributed by atoms with E-state index in [4.69, 9.17) is 22.4 Å². The Morgan fingerprint density at radius 1 is 1.32 bits per heavy atom. The van der Waals surface area contributed by atoms with Crippen molar-refractivity contribution < 1.29 is 24.2 Å². The molecule has 0 saturated carbocycles. The monoisotopic (exact) mass is 328 g/mol. The highest BCUT2D eigenvalue weighted by molar-refractivity contribution is 6.30. The standard InChI is InChI=1S/C14H17ClN2O5/c1-22-14(21)11(6-8-2-4-9(15)5-3-8)17-13(20)10(16)7-12(18)19/h2-5,10-11H,6-7,16H2,1H3,(H,17,20)(H,18,19)/t10-,11-/m0/s1. The fourth-order valence-corrected chi connectivity index (χ4v) is 1.88. The minimum absolute atomic E-state index is 0.176. The largest absolute Gasteiger partial charge is 0.481 e. The Bertz CT molecular complexity index is 547. The van der Waals surface area contributed by atoms with Crippen molar-refractivity contribution in [2.75, 3.05) is 7.11 Å². The first kappa shape index (κ1) is 17.9. The van der Waals surface area contributed by atoms with E-state index in [1.54, 1.807) is 24.3 Å². The lowest BCUT2D eigenvalue weighted by molar-refractivity contribution is -0.145. The van der Waals surface area contributed by atoms with Gasteiger partial charge in [-0.2, -0.15) is 0 Å². The van der Waals surface area contributed by atoms with Crippen LogP contribution < -0.4 is 11.1 Å². The second kappa shape index (κ2) is 8.35. The lowest BCUT2D eigenvalue weighted by atomic mass is 10.1. The number of nitrogens with two attached hydrogens (primary N) is 1. The van der Waals surface area contributed by atoms with Crippen molar-refractivity contribution in [3.63, 3.8) is 0 Å². The van der Waals surface area contributed by atoms with E-state index in [9.17, 15) is 14.4 Å². The van der Waals surface area contributed by atoms with Gasteiger partial charge in [-0.3, -0.25) is 9.59 Å². The molecule has 0 bridgehead atoms. The summed E-state index contributed by atoms with van der Waals surface area (Å²) < 4.78 is 4.63. The summed E-state index contributed by atoms with van der Waals surface area (Å²) >= 11 is 5.78. The maximum Gasteiger partial charge on any atom is 0.328 e. The lowest BCUT2D eigenvalue weighted by Gasteiger charge is -2.18. The van der Waals surface area contributed by atoms with Crippen LogP contribution in [0, 0.1) is 0 Å². The van der Waals surface area contributed by atoms with Crippen LogP contribution in [0.5, 0.6) is 0 Å². The molecule has 0 fully saturated rings. The number of carboxylic acids is 1. The number of halogens is 1. The highest BCUT2D eigenvalue weighted by Crippen LogP contribution is 2.11. The molecule has 0 radical (unpaired) electrons. The summed E-state index contributed by atoms with van der Waals surface area (Å²) in [6, 6.07) is 4.53. The first-order chi connectivity index (χ1) is 10.3. The highest BCUT2D eigenvalue weighted by atomic mass is 35.5. The topological polar surface area (TPSA) is 119 Å². The van der Waals surface area contributed by atoms with Crippen molar-refractivity contribution in [1.29, 1.82) is 0 Å². The SMILES string of the molecule is COC(=O)[C@H](Cc1ccc(Cl)cc1)NC(=O)[C@@H](N)CC(=O)O. The molecule has 120 valence electrons. The van der Waals surface area contributed by atoms with Crippen LogP contribution >= 0.6 is 11.6 Å². The molecule has 1 amide bonds. The van der Waals surface area contributed by atoms with Crippen LogP contribution in [0.1, 0.15) is 12.0 Å². The Hall–Kier alpha value is -2.12. The number of nitrogens with one attached hydrogen (secondary N) is 1. The molecule has 0 aliphatic heterocycles. The normalized spacial score (nSPS) is 13.0. The summed E-state index contributed by atoms with van der Waals surface area (Å²) in [4.78, 5) is 34.1. The minimum atomic E-state index is -1.24. The van der Waals surface area contributed by atoms with E-state index in [2.05, 4.69) is 10.1 Å². The number of amides is 1. The number of hydrogen-bond donors (Lipinski definition) is 3. The third-order valence-electron chi connectivity index (χ3n) is 2.89. The summed E-state index contributed by atoms with van der Waals surface area (Å²) in [5.74, 6) is -2.58. The Kier molecular flexibility index (Phi) is 6.81. The van der Waals surface area contributed by atoms with Gasteiger partial charge in [0.25, 0.3) is 0 Å². The van der Waals surface area contributed by atoms with Gasteiger partial charge in [0.15, 0.2) is 0 Å². The highest BCUT2D eigenvalue weighted by Gasteiger charge is 2.25. The number of esters is 1. The molecule has 0 heterocycles. The zero-order chi connectivity index (χ0) is 16.7. The molecule has 0 aliphatic rings. The maximum atomic E-state index is 11.8. The van der Waals surface area contributed by atoms with Crippen LogP contribution in [-0.2, 0) is 25.5 Å². The summed E-state index contributed by atoms with van der Waals surface area (Å²) in [6.45, 7) is 0. The van der Waals surface area contributed by atoms with Crippen LogP contribution in [-0.4, -0.2) is 42.1 Å². The second-order valence-corrected chi connectivity index (χ2v) is 5.06. The third-order valence-corrected chi connectivity index (χ3v) is 3.14. The molecule has 0 saturated heterocycles. The number of rotatable bonds is 7. The predicted molar refractivity (Wildman–Crippen MR) is 79.3 cm³/mol. The van der Waals surface area contributed by atoms with Gasteiger partial charge in [0.2, 0.25) is 5.91 Å². The van der Waals surface area contributed by atoms with Crippen LogP contribution in [0.4, 0.5) is 0 Å². The van der Waals surface area contributed by atoms with Crippen molar-refractivity contribution in [2.45, 2.75) is 24.9 Å². The molecule has 7 nitrogen and oxygen atoms in total. The number of carbonyl (C=O) groups is 3. The fraction of sp³-hybridized carbons (Fsp3) is 0.357. The Balaban J connectivity index is 2.76. The summed E-state index contributed by atoms with van der Waals surface area (Å²) in [5, 5.41) is 11.6. The second-order valence-electron chi connectivity index (χ2n) is 4.62. The molecule has 1 rings (SSSR count). The minimum Gasteiger partial charge on any atom is -0.481 e. The number of benzene rings is 1. The van der Waals surface area contributed by atoms with Crippen molar-refractivity contribution in [3.05, 3.63) is 34.9 Å². The molecular weight excluding hydrogens is 312 g/mol. The van der Waals surface area contributed by atoms with Gasteiger partial charge in [0.1, 0.15) is 6.04 Å². The molecule has 4 N–H and O–H groups in total. The van der Waals surface area contributed by atoms with Crippen molar-refractivity contribution in [2.24, 2.45) is 5.73 Å². The first-order valence-electron chi connectivity index (χ1n) is 6.43. The van der Waals surface area contributed by atoms with Gasteiger partial charge in [-0.05, 0) is 17.7 Å². The van der Waals surface area contributed by atoms with Gasteiger partial charge in [-0.25, -0.2) is 4.79 Å². The molecule has 22 heavy (non-hydrogen) atoms. The van der Waals surface area contributed by atoms with Gasteiger partial charge in [0, 0.05) is 11.4 Å². The van der Waals surface area contributed by atoms with Crippen LogP contribution in [0.25, 0.3) is 0 Å². The van der Waals surface area contributed by atoms with E-state index in [-0.39, 0.29) is 6.42 Å². The molecule has 1 aromatic carbocycles. The van der Waals surface area contributed by atoms with Gasteiger partial charge in [-0.1, -0.05) is 23.7 Å². The number of carbonyl (C=O) groups excluding carboxylic acids is 2. The fourth-order valence-electron chi connectivity index (χ4n) is 1.75. The van der Waals surface area contributed by atoms with Gasteiger partial charge >= 0.3 is 11.9 Å². The van der Waals surface area contributed by atoms with Crippen LogP contribution in [0.3, 0.4) is 0 Å². The zero-order valence-electron chi connectivity index (χ0n) is 11.9. The molecule has 0 unspecified atom stereocenters. The zero-order valence-corrected chi connectivity index (χ0v) is 12.7. The molecule has 0 aromatic heterocycles. The van der Waals surface area contributed by atoms with E-state index in [1.165, 1.54) is 7.11 Å². The van der Waals surface area contributed by atoms with Crippen molar-refractivity contribution in [3.8, 4) is 0 Å². The van der Waals surface area contributed by atoms with Crippen molar-refractivity contribution >= 4 is 29.4 Å². The lowest BCUT2D eigenvalue weighted by Crippen LogP contribution is -2.50. The van der Waals surface area contributed by atoms with Gasteiger partial charge in [0.05, 0.1) is 19.6 Å². The quantitative estimate of drug-likeness (QED) is 0.621. The smallest absolute Gasteiger partial charge is 0.328 e. The summed E-state index contributed by atoms with van der Waals surface area (Å²) in [7, 11) is 1.19. The number of aliphatic carboxylic acids is 1. The van der Waals surface area contributed by atoms with Gasteiger partial charge < -0.3 is 20.9 Å². The number of carboxylic acid groups (broad SMARTS) is 1. The average molecular weight is 329 g/mol. The third kappa shape index (κ3) is 5.71. The Morgan fingerprint density at radius 2 is 1.91 bits per heavy atom. The predicted octanol–water partition coefficient (Wildman–Crippen LogP) is 0.342. The van der Waals surface area contributed by atoms with Crippen molar-refractivity contribution in [1.82, 2.24) is 5.32 Å². The molecule has 1 aromatic rings. The van der Waals surface area contributed by atoms with E-state index in [0.717, 1.165) is 5.56 Å². The number of hydrogen-bond acceptors (Lipinski definition) is 5. The Labute approximate surface area is 132 Å². The maximum absolute atomic E-state index is 11.8. The summed E-state index contributed by atoms with van der Waals surface area (Å²) in [5.41, 5.74) is 6.22. The van der Waals surface area contributed by atoms with E-state index < -0.39 is 36.4 Å².